The van der Waals surface area contributed by atoms with Gasteiger partial charge in [-0.25, -0.2) is 9.97 Å². The van der Waals surface area contributed by atoms with E-state index in [0.717, 1.165) is 42.5 Å². The van der Waals surface area contributed by atoms with Crippen molar-refractivity contribution in [3.63, 3.8) is 0 Å². The second-order valence-corrected chi connectivity index (χ2v) is 4.53. The van der Waals surface area contributed by atoms with Gasteiger partial charge in [0.1, 0.15) is 5.76 Å². The molecule has 19 heavy (non-hydrogen) atoms. The normalized spacial score (nSPS) is 10.7. The molecule has 102 valence electrons. The van der Waals surface area contributed by atoms with Crippen LogP contribution in [-0.4, -0.2) is 23.6 Å². The number of nitrogens with zero attached hydrogens (tertiary/aromatic N) is 3. The molecule has 0 amide bonds. The summed E-state index contributed by atoms with van der Waals surface area (Å²) in [6.07, 6.45) is 5.44. The van der Waals surface area contributed by atoms with E-state index >= 15 is 0 Å². The maximum Gasteiger partial charge on any atom is 0.225 e. The molecule has 0 saturated carbocycles. The summed E-state index contributed by atoms with van der Waals surface area (Å²) >= 11 is 0. The van der Waals surface area contributed by atoms with E-state index in [0.29, 0.717) is 0 Å². The molecular weight excluding hydrogens is 240 g/mol. The summed E-state index contributed by atoms with van der Waals surface area (Å²) in [4.78, 5) is 10.8. The van der Waals surface area contributed by atoms with Gasteiger partial charge < -0.3 is 14.6 Å². The fourth-order valence-corrected chi connectivity index (χ4v) is 1.81. The molecule has 5 nitrogen and oxygen atoms in total. The number of hydrogen-bond donors (Lipinski definition) is 1. The second-order valence-electron chi connectivity index (χ2n) is 4.53. The monoisotopic (exact) mass is 260 g/mol. The molecule has 0 saturated heterocycles. The second kappa shape index (κ2) is 6.33. The predicted molar refractivity (Wildman–Crippen MR) is 75.0 cm³/mol. The predicted octanol–water partition coefficient (Wildman–Crippen LogP) is 2.12. The van der Waals surface area contributed by atoms with Gasteiger partial charge in [0.2, 0.25) is 5.95 Å². The quantitative estimate of drug-likeness (QED) is 0.862. The van der Waals surface area contributed by atoms with Crippen LogP contribution < -0.4 is 10.2 Å². The SMILES string of the molecule is CCNCc1cnc(N(C)Cc2ccoc2C)nc1. The number of furan rings is 1. The molecule has 0 aliphatic rings. The van der Waals surface area contributed by atoms with E-state index in [1.54, 1.807) is 6.26 Å². The lowest BCUT2D eigenvalue weighted by molar-refractivity contribution is 0.529. The van der Waals surface area contributed by atoms with Crippen LogP contribution in [0, 0.1) is 6.92 Å². The van der Waals surface area contributed by atoms with Gasteiger partial charge in [-0.3, -0.25) is 0 Å². The minimum atomic E-state index is 0.723. The maximum atomic E-state index is 5.29. The van der Waals surface area contributed by atoms with Gasteiger partial charge in [0.15, 0.2) is 0 Å². The number of aryl methyl sites for hydroxylation is 1. The molecular formula is C14H20N4O. The van der Waals surface area contributed by atoms with Gasteiger partial charge in [0.25, 0.3) is 0 Å². The number of aromatic nitrogens is 2. The fraction of sp³-hybridized carbons (Fsp3) is 0.429. The van der Waals surface area contributed by atoms with E-state index in [9.17, 15) is 0 Å². The molecule has 2 heterocycles. The molecule has 0 bridgehead atoms. The van der Waals surface area contributed by atoms with Crippen LogP contribution in [0.4, 0.5) is 5.95 Å². The molecule has 2 aromatic heterocycles. The molecule has 0 aromatic carbocycles. The Morgan fingerprint density at radius 2 is 2.05 bits per heavy atom. The minimum absolute atomic E-state index is 0.723. The summed E-state index contributed by atoms with van der Waals surface area (Å²) in [6, 6.07) is 1.98. The number of rotatable bonds is 6. The van der Waals surface area contributed by atoms with E-state index in [2.05, 4.69) is 22.2 Å². The van der Waals surface area contributed by atoms with Crippen molar-refractivity contribution < 1.29 is 4.42 Å². The molecule has 0 unspecified atom stereocenters. The van der Waals surface area contributed by atoms with E-state index in [1.807, 2.05) is 37.3 Å². The van der Waals surface area contributed by atoms with E-state index < -0.39 is 0 Å². The Bertz CT molecular complexity index is 506. The molecule has 0 radical (unpaired) electrons. The van der Waals surface area contributed by atoms with Crippen molar-refractivity contribution in [2.45, 2.75) is 26.9 Å². The first kappa shape index (κ1) is 13.5. The van der Waals surface area contributed by atoms with Crippen molar-refractivity contribution in [2.24, 2.45) is 0 Å². The molecule has 0 atom stereocenters. The third-order valence-corrected chi connectivity index (χ3v) is 2.99. The van der Waals surface area contributed by atoms with Crippen LogP contribution in [0.25, 0.3) is 0 Å². The van der Waals surface area contributed by atoms with Crippen LogP contribution in [0.2, 0.25) is 0 Å². The highest BCUT2D eigenvalue weighted by Crippen LogP contribution is 2.14. The van der Waals surface area contributed by atoms with Gasteiger partial charge in [-0.2, -0.15) is 0 Å². The zero-order chi connectivity index (χ0) is 13.7. The molecule has 5 heteroatoms. The molecule has 2 aromatic rings. The average Bonchev–Trinajstić information content (AvgIpc) is 2.82. The van der Waals surface area contributed by atoms with Crippen LogP contribution in [-0.2, 0) is 13.1 Å². The zero-order valence-electron chi connectivity index (χ0n) is 11.7. The van der Waals surface area contributed by atoms with Crippen LogP contribution in [0.5, 0.6) is 0 Å². The summed E-state index contributed by atoms with van der Waals surface area (Å²) in [5, 5.41) is 3.25. The van der Waals surface area contributed by atoms with Crippen molar-refractivity contribution in [1.29, 1.82) is 0 Å². The maximum absolute atomic E-state index is 5.29. The number of hydrogen-bond acceptors (Lipinski definition) is 5. The lowest BCUT2D eigenvalue weighted by Crippen LogP contribution is -2.19. The van der Waals surface area contributed by atoms with E-state index in [-0.39, 0.29) is 0 Å². The highest BCUT2D eigenvalue weighted by atomic mass is 16.3. The Morgan fingerprint density at radius 3 is 2.63 bits per heavy atom. The Kier molecular flexibility index (Phi) is 4.52. The summed E-state index contributed by atoms with van der Waals surface area (Å²) < 4.78 is 5.29. The van der Waals surface area contributed by atoms with Gasteiger partial charge in [0, 0.05) is 43.7 Å². The number of nitrogens with one attached hydrogen (secondary N) is 1. The Labute approximate surface area is 113 Å². The van der Waals surface area contributed by atoms with Gasteiger partial charge in [-0.1, -0.05) is 6.92 Å². The van der Waals surface area contributed by atoms with Gasteiger partial charge in [-0.15, -0.1) is 0 Å². The third-order valence-electron chi connectivity index (χ3n) is 2.99. The fourth-order valence-electron chi connectivity index (χ4n) is 1.81. The Hall–Kier alpha value is -1.88. The van der Waals surface area contributed by atoms with Gasteiger partial charge in [-0.05, 0) is 19.5 Å². The highest BCUT2D eigenvalue weighted by molar-refractivity contribution is 5.31. The molecule has 2 rings (SSSR count). The first-order chi connectivity index (χ1) is 9.20. The summed E-state index contributed by atoms with van der Waals surface area (Å²) in [6.45, 7) is 6.54. The minimum Gasteiger partial charge on any atom is -0.469 e. The zero-order valence-corrected chi connectivity index (χ0v) is 11.7. The largest absolute Gasteiger partial charge is 0.469 e. The van der Waals surface area contributed by atoms with Crippen LogP contribution in [0.15, 0.2) is 29.1 Å². The van der Waals surface area contributed by atoms with Crippen molar-refractivity contribution in [2.75, 3.05) is 18.5 Å². The molecule has 1 N–H and O–H groups in total. The Morgan fingerprint density at radius 1 is 1.32 bits per heavy atom. The smallest absolute Gasteiger partial charge is 0.225 e. The van der Waals surface area contributed by atoms with Crippen LogP contribution >= 0.6 is 0 Å². The third kappa shape index (κ3) is 3.54. The molecule has 0 spiro atoms. The molecule has 0 fully saturated rings. The highest BCUT2D eigenvalue weighted by Gasteiger charge is 2.08. The summed E-state index contributed by atoms with van der Waals surface area (Å²) in [7, 11) is 1.98. The van der Waals surface area contributed by atoms with Crippen molar-refractivity contribution >= 4 is 5.95 Å². The first-order valence-corrected chi connectivity index (χ1v) is 6.46. The summed E-state index contributed by atoms with van der Waals surface area (Å²) in [5.41, 5.74) is 2.25. The topological polar surface area (TPSA) is 54.2 Å². The van der Waals surface area contributed by atoms with E-state index in [4.69, 9.17) is 4.42 Å². The molecule has 0 aliphatic carbocycles. The van der Waals surface area contributed by atoms with Gasteiger partial charge in [0.05, 0.1) is 6.26 Å². The first-order valence-electron chi connectivity index (χ1n) is 6.46. The lowest BCUT2D eigenvalue weighted by Gasteiger charge is -2.16. The van der Waals surface area contributed by atoms with Crippen molar-refractivity contribution in [3.05, 3.63) is 41.6 Å². The average molecular weight is 260 g/mol. The van der Waals surface area contributed by atoms with Crippen LogP contribution in [0.1, 0.15) is 23.8 Å². The Balaban J connectivity index is 1.99. The van der Waals surface area contributed by atoms with Crippen molar-refractivity contribution in [3.8, 4) is 0 Å². The van der Waals surface area contributed by atoms with Crippen LogP contribution in [0.3, 0.4) is 0 Å². The lowest BCUT2D eigenvalue weighted by atomic mass is 10.2. The van der Waals surface area contributed by atoms with Crippen molar-refractivity contribution in [1.82, 2.24) is 15.3 Å². The standard InChI is InChI=1S/C14H20N4O/c1-4-15-7-12-8-16-14(17-9-12)18(3)10-13-5-6-19-11(13)2/h5-6,8-9,15H,4,7,10H2,1-3H3. The number of anilines is 1. The summed E-state index contributed by atoms with van der Waals surface area (Å²) in [5.74, 6) is 1.66. The molecule has 0 aliphatic heterocycles. The van der Waals surface area contributed by atoms with Gasteiger partial charge >= 0.3 is 0 Å². The van der Waals surface area contributed by atoms with E-state index in [1.165, 1.54) is 0 Å².